The number of nitrogens with zero attached hydrogens (tertiary/aromatic N) is 1. The van der Waals surface area contributed by atoms with E-state index >= 15 is 0 Å². The van der Waals surface area contributed by atoms with Gasteiger partial charge in [0.05, 0.1) is 0 Å². The van der Waals surface area contributed by atoms with Crippen molar-refractivity contribution in [2.45, 2.75) is 18.9 Å². The Hall–Kier alpha value is -1.26. The molecule has 1 saturated carbocycles. The molecule has 0 amide bonds. The molecular weight excluding hydrogens is 240 g/mol. The van der Waals surface area contributed by atoms with E-state index in [1.54, 1.807) is 0 Å². The van der Waals surface area contributed by atoms with Gasteiger partial charge < -0.3 is 14.8 Å². The minimum Gasteiger partial charge on any atom is -0.454 e. The second kappa shape index (κ2) is 4.69. The van der Waals surface area contributed by atoms with Gasteiger partial charge in [-0.15, -0.1) is 0 Å². The van der Waals surface area contributed by atoms with Gasteiger partial charge in [0.1, 0.15) is 0 Å². The molecule has 1 aliphatic carbocycles. The van der Waals surface area contributed by atoms with Gasteiger partial charge in [-0.1, -0.05) is 12.1 Å². The molecular formula is C15H20N2O2. The average molecular weight is 260 g/mol. The molecule has 3 aliphatic rings. The Morgan fingerprint density at radius 3 is 2.79 bits per heavy atom. The molecule has 0 spiro atoms. The summed E-state index contributed by atoms with van der Waals surface area (Å²) in [5, 5.41) is 3.44. The van der Waals surface area contributed by atoms with Crippen molar-refractivity contribution in [2.24, 2.45) is 5.92 Å². The van der Waals surface area contributed by atoms with E-state index in [-0.39, 0.29) is 0 Å². The third-order valence-corrected chi connectivity index (χ3v) is 4.36. The summed E-state index contributed by atoms with van der Waals surface area (Å²) in [6.45, 7) is 4.81. The van der Waals surface area contributed by atoms with E-state index in [1.165, 1.54) is 18.4 Å². The Kier molecular flexibility index (Phi) is 2.85. The lowest BCUT2D eigenvalue weighted by Gasteiger charge is -2.35. The molecule has 102 valence electrons. The molecule has 1 N–H and O–H groups in total. The predicted molar refractivity (Wildman–Crippen MR) is 72.5 cm³/mol. The number of nitrogens with one attached hydrogen (secondary N) is 1. The molecule has 4 rings (SSSR count). The highest BCUT2D eigenvalue weighted by atomic mass is 16.7. The van der Waals surface area contributed by atoms with Gasteiger partial charge in [0, 0.05) is 37.8 Å². The maximum Gasteiger partial charge on any atom is 0.231 e. The number of hydrogen-bond donors (Lipinski definition) is 1. The normalized spacial score (nSPS) is 24.4. The van der Waals surface area contributed by atoms with E-state index in [0.717, 1.165) is 43.6 Å². The maximum atomic E-state index is 5.71. The summed E-state index contributed by atoms with van der Waals surface area (Å²) in [5.41, 5.74) is 1.33. The monoisotopic (exact) mass is 260 g/mol. The first kappa shape index (κ1) is 11.6. The highest BCUT2D eigenvalue weighted by Crippen LogP contribution is 2.49. The van der Waals surface area contributed by atoms with Gasteiger partial charge in [0.15, 0.2) is 11.5 Å². The van der Waals surface area contributed by atoms with Crippen LogP contribution in [0.25, 0.3) is 0 Å². The van der Waals surface area contributed by atoms with E-state index in [9.17, 15) is 0 Å². The number of rotatable bonds is 3. The van der Waals surface area contributed by atoms with E-state index in [0.29, 0.717) is 12.8 Å². The molecule has 1 aromatic carbocycles. The van der Waals surface area contributed by atoms with Gasteiger partial charge in [0.25, 0.3) is 0 Å². The molecule has 1 aromatic rings. The highest BCUT2D eigenvalue weighted by Gasteiger charge is 2.39. The molecule has 2 fully saturated rings. The molecule has 1 atom stereocenters. The van der Waals surface area contributed by atoms with Gasteiger partial charge in [-0.05, 0) is 24.8 Å². The van der Waals surface area contributed by atoms with Crippen molar-refractivity contribution in [3.63, 3.8) is 0 Å². The van der Waals surface area contributed by atoms with Crippen molar-refractivity contribution in [3.8, 4) is 11.5 Å². The van der Waals surface area contributed by atoms with Crippen molar-refractivity contribution in [2.75, 3.05) is 33.0 Å². The summed E-state index contributed by atoms with van der Waals surface area (Å²) in [6, 6.07) is 6.84. The molecule has 0 aromatic heterocycles. The highest BCUT2D eigenvalue weighted by molar-refractivity contribution is 5.50. The number of hydrogen-bond acceptors (Lipinski definition) is 4. The molecule has 0 radical (unpaired) electrons. The third kappa shape index (κ3) is 2.09. The minimum atomic E-state index is 0.366. The van der Waals surface area contributed by atoms with E-state index in [2.05, 4.69) is 22.3 Å². The van der Waals surface area contributed by atoms with E-state index in [1.807, 2.05) is 6.07 Å². The van der Waals surface area contributed by atoms with Gasteiger partial charge in [-0.25, -0.2) is 0 Å². The van der Waals surface area contributed by atoms with Crippen molar-refractivity contribution < 1.29 is 9.47 Å². The number of para-hydroxylation sites is 1. The zero-order chi connectivity index (χ0) is 12.7. The van der Waals surface area contributed by atoms with Crippen LogP contribution in [0, 0.1) is 5.92 Å². The Morgan fingerprint density at radius 2 is 2.00 bits per heavy atom. The Balaban J connectivity index is 1.69. The molecule has 2 heterocycles. The van der Waals surface area contributed by atoms with Crippen molar-refractivity contribution >= 4 is 0 Å². The van der Waals surface area contributed by atoms with Crippen LogP contribution in [-0.2, 0) is 0 Å². The molecule has 4 heteroatoms. The second-order valence-corrected chi connectivity index (χ2v) is 5.65. The Labute approximate surface area is 113 Å². The first-order valence-electron chi connectivity index (χ1n) is 7.27. The van der Waals surface area contributed by atoms with Gasteiger partial charge >= 0.3 is 0 Å². The predicted octanol–water partition coefficient (Wildman–Crippen LogP) is 1.77. The lowest BCUT2D eigenvalue weighted by Crippen LogP contribution is -2.45. The number of piperazine rings is 1. The standard InChI is InChI=1S/C15H20N2O2/c1-2-12(15-13(3-1)18-10-19-15)14(11-4-5-11)17-8-6-16-7-9-17/h1-3,11,14,16H,4-10H2/t14-/m1/s1. The summed E-state index contributed by atoms with van der Waals surface area (Å²) in [4.78, 5) is 2.62. The largest absolute Gasteiger partial charge is 0.454 e. The summed E-state index contributed by atoms with van der Waals surface area (Å²) in [7, 11) is 0. The number of benzene rings is 1. The maximum absolute atomic E-state index is 5.71. The lowest BCUT2D eigenvalue weighted by atomic mass is 9.98. The SMILES string of the molecule is c1cc2c(c([C@@H](C3CC3)N3CCNCC3)c1)OCO2. The van der Waals surface area contributed by atoms with Crippen molar-refractivity contribution in [3.05, 3.63) is 23.8 Å². The van der Waals surface area contributed by atoms with Crippen LogP contribution in [0.4, 0.5) is 0 Å². The molecule has 4 nitrogen and oxygen atoms in total. The van der Waals surface area contributed by atoms with Crippen LogP contribution >= 0.6 is 0 Å². The summed E-state index contributed by atoms with van der Waals surface area (Å²) >= 11 is 0. The van der Waals surface area contributed by atoms with Gasteiger partial charge in [0.2, 0.25) is 6.79 Å². The molecule has 0 bridgehead atoms. The fraction of sp³-hybridized carbons (Fsp3) is 0.600. The second-order valence-electron chi connectivity index (χ2n) is 5.65. The smallest absolute Gasteiger partial charge is 0.231 e. The van der Waals surface area contributed by atoms with E-state index in [4.69, 9.17) is 9.47 Å². The zero-order valence-corrected chi connectivity index (χ0v) is 11.1. The first-order chi connectivity index (χ1) is 9.43. The fourth-order valence-corrected chi connectivity index (χ4v) is 3.31. The van der Waals surface area contributed by atoms with Gasteiger partial charge in [-0.2, -0.15) is 0 Å². The molecule has 1 saturated heterocycles. The summed E-state index contributed by atoms with van der Waals surface area (Å²) in [5.74, 6) is 2.70. The topological polar surface area (TPSA) is 33.7 Å². The van der Waals surface area contributed by atoms with Crippen LogP contribution in [0.15, 0.2) is 18.2 Å². The first-order valence-corrected chi connectivity index (χ1v) is 7.27. The van der Waals surface area contributed by atoms with Gasteiger partial charge in [-0.3, -0.25) is 4.90 Å². The Morgan fingerprint density at radius 1 is 1.16 bits per heavy atom. The third-order valence-electron chi connectivity index (χ3n) is 4.36. The van der Waals surface area contributed by atoms with Crippen LogP contribution in [0.5, 0.6) is 11.5 Å². The fourth-order valence-electron chi connectivity index (χ4n) is 3.31. The quantitative estimate of drug-likeness (QED) is 0.898. The number of ether oxygens (including phenoxy) is 2. The van der Waals surface area contributed by atoms with Crippen LogP contribution in [0.3, 0.4) is 0 Å². The van der Waals surface area contributed by atoms with Crippen LogP contribution in [0.1, 0.15) is 24.4 Å². The molecule has 0 unspecified atom stereocenters. The Bertz CT molecular complexity index is 467. The summed E-state index contributed by atoms with van der Waals surface area (Å²) in [6.07, 6.45) is 2.69. The molecule has 19 heavy (non-hydrogen) atoms. The average Bonchev–Trinajstić information content (AvgIpc) is 3.17. The van der Waals surface area contributed by atoms with Crippen molar-refractivity contribution in [1.82, 2.24) is 10.2 Å². The number of fused-ring (bicyclic) bond motifs is 1. The minimum absolute atomic E-state index is 0.366. The lowest BCUT2D eigenvalue weighted by molar-refractivity contribution is 0.147. The molecule has 2 aliphatic heterocycles. The van der Waals surface area contributed by atoms with Crippen molar-refractivity contribution in [1.29, 1.82) is 0 Å². The zero-order valence-electron chi connectivity index (χ0n) is 11.1. The van der Waals surface area contributed by atoms with Crippen LogP contribution in [0.2, 0.25) is 0 Å². The van der Waals surface area contributed by atoms with Crippen LogP contribution < -0.4 is 14.8 Å². The van der Waals surface area contributed by atoms with E-state index < -0.39 is 0 Å². The summed E-state index contributed by atoms with van der Waals surface area (Å²) < 4.78 is 11.2. The van der Waals surface area contributed by atoms with Crippen LogP contribution in [-0.4, -0.2) is 37.9 Å².